The maximum absolute atomic E-state index is 12.8. The lowest BCUT2D eigenvalue weighted by Crippen LogP contribution is -2.34. The number of nitrogens with one attached hydrogen (secondary N) is 1. The standard InChI is InChI=1S/C24H22N2O3S/c1-15-11-19-13-17(7-10-23(19)26(15)30(2,28)29)24(27)25-20-8-9-22-18(14-20)12-16-5-3-4-6-21(16)22/h3-10,13-15H,11-12H2,1-2H3,(H,25,27). The second kappa shape index (κ2) is 6.71. The monoisotopic (exact) mass is 418 g/mol. The predicted molar refractivity (Wildman–Crippen MR) is 120 cm³/mol. The van der Waals surface area contributed by atoms with Gasteiger partial charge in [0, 0.05) is 17.3 Å². The van der Waals surface area contributed by atoms with Crippen LogP contribution in [-0.4, -0.2) is 26.6 Å². The molecule has 0 bridgehead atoms. The number of hydrogen-bond donors (Lipinski definition) is 1. The van der Waals surface area contributed by atoms with Crippen molar-refractivity contribution in [3.05, 3.63) is 82.9 Å². The lowest BCUT2D eigenvalue weighted by molar-refractivity contribution is 0.102. The van der Waals surface area contributed by atoms with E-state index in [2.05, 4.69) is 23.5 Å². The van der Waals surface area contributed by atoms with Crippen LogP contribution in [0.25, 0.3) is 11.1 Å². The Kier molecular flexibility index (Phi) is 4.22. The van der Waals surface area contributed by atoms with Gasteiger partial charge >= 0.3 is 0 Å². The van der Waals surface area contributed by atoms with Crippen molar-refractivity contribution in [1.82, 2.24) is 0 Å². The van der Waals surface area contributed by atoms with E-state index in [1.165, 1.54) is 32.8 Å². The first-order valence-electron chi connectivity index (χ1n) is 9.96. The third kappa shape index (κ3) is 3.08. The molecule has 0 fully saturated rings. The van der Waals surface area contributed by atoms with Crippen molar-refractivity contribution in [2.24, 2.45) is 0 Å². The molecule has 2 aliphatic rings. The van der Waals surface area contributed by atoms with E-state index >= 15 is 0 Å². The molecule has 3 aromatic carbocycles. The first kappa shape index (κ1) is 18.9. The van der Waals surface area contributed by atoms with E-state index in [4.69, 9.17) is 0 Å². The number of rotatable bonds is 3. The minimum atomic E-state index is -3.34. The van der Waals surface area contributed by atoms with E-state index in [9.17, 15) is 13.2 Å². The molecule has 152 valence electrons. The molecular weight excluding hydrogens is 396 g/mol. The Balaban J connectivity index is 1.39. The number of fused-ring (bicyclic) bond motifs is 4. The largest absolute Gasteiger partial charge is 0.322 e. The summed E-state index contributed by atoms with van der Waals surface area (Å²) in [6.45, 7) is 1.88. The summed E-state index contributed by atoms with van der Waals surface area (Å²) in [6.07, 6.45) is 2.68. The molecule has 5 nitrogen and oxygen atoms in total. The molecule has 0 radical (unpaired) electrons. The van der Waals surface area contributed by atoms with Gasteiger partial charge in [-0.2, -0.15) is 0 Å². The quantitative estimate of drug-likeness (QED) is 0.542. The van der Waals surface area contributed by atoms with E-state index < -0.39 is 10.0 Å². The van der Waals surface area contributed by atoms with Gasteiger partial charge in [0.15, 0.2) is 0 Å². The zero-order chi connectivity index (χ0) is 21.0. The van der Waals surface area contributed by atoms with Crippen molar-refractivity contribution in [3.63, 3.8) is 0 Å². The number of carbonyl (C=O) groups is 1. The molecule has 3 aromatic rings. The Bertz CT molecular complexity index is 1300. The summed E-state index contributed by atoms with van der Waals surface area (Å²) in [5.74, 6) is -0.196. The highest BCUT2D eigenvalue weighted by molar-refractivity contribution is 7.92. The van der Waals surface area contributed by atoms with Crippen molar-refractivity contribution < 1.29 is 13.2 Å². The molecule has 1 aliphatic heterocycles. The number of benzene rings is 3. The number of nitrogens with zero attached hydrogens (tertiary/aromatic N) is 1. The average molecular weight is 419 g/mol. The van der Waals surface area contributed by atoms with E-state index in [1.54, 1.807) is 18.2 Å². The zero-order valence-corrected chi connectivity index (χ0v) is 17.7. The molecule has 1 atom stereocenters. The summed E-state index contributed by atoms with van der Waals surface area (Å²) >= 11 is 0. The van der Waals surface area contributed by atoms with Crippen LogP contribution in [0, 0.1) is 0 Å². The number of hydrogen-bond acceptors (Lipinski definition) is 3. The number of sulfonamides is 1. The van der Waals surface area contributed by atoms with Crippen molar-refractivity contribution >= 4 is 27.3 Å². The summed E-state index contributed by atoms with van der Waals surface area (Å²) in [4.78, 5) is 12.8. The van der Waals surface area contributed by atoms with Gasteiger partial charge in [-0.05, 0) is 77.9 Å². The Morgan fingerprint density at radius 3 is 2.53 bits per heavy atom. The second-order valence-electron chi connectivity index (χ2n) is 8.12. The molecule has 0 saturated heterocycles. The maximum Gasteiger partial charge on any atom is 0.255 e. The minimum absolute atomic E-state index is 0.147. The van der Waals surface area contributed by atoms with Gasteiger partial charge in [0.1, 0.15) is 0 Å². The first-order valence-corrected chi connectivity index (χ1v) is 11.8. The molecule has 1 unspecified atom stereocenters. The fourth-order valence-corrected chi connectivity index (χ4v) is 5.94. The molecule has 30 heavy (non-hydrogen) atoms. The van der Waals surface area contributed by atoms with Crippen LogP contribution >= 0.6 is 0 Å². The summed E-state index contributed by atoms with van der Waals surface area (Å²) in [5, 5.41) is 2.99. The fourth-order valence-electron chi connectivity index (χ4n) is 4.68. The van der Waals surface area contributed by atoms with Crippen LogP contribution in [-0.2, 0) is 22.9 Å². The van der Waals surface area contributed by atoms with Crippen molar-refractivity contribution in [2.45, 2.75) is 25.8 Å². The van der Waals surface area contributed by atoms with Crippen LogP contribution < -0.4 is 9.62 Å². The number of anilines is 2. The van der Waals surface area contributed by atoms with Crippen LogP contribution in [0.3, 0.4) is 0 Å². The summed E-state index contributed by atoms with van der Waals surface area (Å²) in [7, 11) is -3.34. The molecule has 1 heterocycles. The maximum atomic E-state index is 12.8. The summed E-state index contributed by atoms with van der Waals surface area (Å²) in [5.41, 5.74) is 7.82. The van der Waals surface area contributed by atoms with Gasteiger partial charge in [-0.15, -0.1) is 0 Å². The SMILES string of the molecule is CC1Cc2cc(C(=O)Nc3ccc4c(c3)Cc3ccccc3-4)ccc2N1S(C)(=O)=O. The fraction of sp³-hybridized carbons (Fsp3) is 0.208. The molecule has 1 N–H and O–H groups in total. The first-order chi connectivity index (χ1) is 14.3. The molecule has 0 spiro atoms. The van der Waals surface area contributed by atoms with Gasteiger partial charge in [-0.3, -0.25) is 9.10 Å². The highest BCUT2D eigenvalue weighted by Gasteiger charge is 2.32. The number of carbonyl (C=O) groups excluding carboxylic acids is 1. The van der Waals surface area contributed by atoms with Crippen LogP contribution in [0.1, 0.15) is 34.0 Å². The highest BCUT2D eigenvalue weighted by Crippen LogP contribution is 2.38. The molecule has 0 aromatic heterocycles. The van der Waals surface area contributed by atoms with Gasteiger partial charge in [-0.1, -0.05) is 30.3 Å². The lowest BCUT2D eigenvalue weighted by atomic mass is 10.0. The smallest absolute Gasteiger partial charge is 0.255 e. The van der Waals surface area contributed by atoms with Crippen molar-refractivity contribution in [2.75, 3.05) is 15.9 Å². The van der Waals surface area contributed by atoms with Crippen LogP contribution in [0.4, 0.5) is 11.4 Å². The normalized spacial score (nSPS) is 16.7. The van der Waals surface area contributed by atoms with Gasteiger partial charge in [0.2, 0.25) is 10.0 Å². The van der Waals surface area contributed by atoms with E-state index in [0.29, 0.717) is 17.7 Å². The Morgan fingerprint density at radius 2 is 1.73 bits per heavy atom. The summed E-state index contributed by atoms with van der Waals surface area (Å²) < 4.78 is 25.6. The van der Waals surface area contributed by atoms with Gasteiger partial charge in [0.05, 0.1) is 11.9 Å². The third-order valence-electron chi connectivity index (χ3n) is 5.90. The Labute approximate surface area is 176 Å². The minimum Gasteiger partial charge on any atom is -0.322 e. The molecule has 5 rings (SSSR count). The van der Waals surface area contributed by atoms with Gasteiger partial charge in [-0.25, -0.2) is 8.42 Å². The lowest BCUT2D eigenvalue weighted by Gasteiger charge is -2.21. The molecule has 6 heteroatoms. The van der Waals surface area contributed by atoms with Crippen LogP contribution in [0.2, 0.25) is 0 Å². The third-order valence-corrected chi connectivity index (χ3v) is 7.17. The van der Waals surface area contributed by atoms with Gasteiger partial charge in [0.25, 0.3) is 5.91 Å². The Morgan fingerprint density at radius 1 is 0.967 bits per heavy atom. The second-order valence-corrected chi connectivity index (χ2v) is 9.97. The molecule has 0 saturated carbocycles. The van der Waals surface area contributed by atoms with Crippen LogP contribution in [0.15, 0.2) is 60.7 Å². The topological polar surface area (TPSA) is 66.5 Å². The average Bonchev–Trinajstić information content (AvgIpc) is 3.22. The van der Waals surface area contributed by atoms with E-state index in [0.717, 1.165) is 17.7 Å². The highest BCUT2D eigenvalue weighted by atomic mass is 32.2. The molecule has 1 amide bonds. The van der Waals surface area contributed by atoms with Crippen molar-refractivity contribution in [1.29, 1.82) is 0 Å². The Hall–Kier alpha value is -3.12. The zero-order valence-electron chi connectivity index (χ0n) is 16.8. The van der Waals surface area contributed by atoms with Crippen molar-refractivity contribution in [3.8, 4) is 11.1 Å². The van der Waals surface area contributed by atoms with E-state index in [-0.39, 0.29) is 11.9 Å². The molecule has 1 aliphatic carbocycles. The predicted octanol–water partition coefficient (Wildman–Crippen LogP) is 4.22. The molecular formula is C24H22N2O3S. The van der Waals surface area contributed by atoms with Gasteiger partial charge < -0.3 is 5.32 Å². The van der Waals surface area contributed by atoms with E-state index in [1.807, 2.05) is 31.2 Å². The van der Waals surface area contributed by atoms with Crippen LogP contribution in [0.5, 0.6) is 0 Å². The number of amides is 1. The summed E-state index contributed by atoms with van der Waals surface area (Å²) in [6, 6.07) is 19.5.